The minimum Gasteiger partial charge on any atom is -0.106 e. The van der Waals surface area contributed by atoms with Crippen molar-refractivity contribution in [2.24, 2.45) is 0 Å². The van der Waals surface area contributed by atoms with E-state index in [0.29, 0.717) is 0 Å². The van der Waals surface area contributed by atoms with Gasteiger partial charge in [0, 0.05) is 0 Å². The summed E-state index contributed by atoms with van der Waals surface area (Å²) in [7, 11) is 0. The summed E-state index contributed by atoms with van der Waals surface area (Å²) in [6.45, 7) is 19.7. The normalized spacial score (nSPS) is 5.91. The highest BCUT2D eigenvalue weighted by Gasteiger charge is 1.60. The highest BCUT2D eigenvalue weighted by atomic mass is 13.7. The van der Waals surface area contributed by atoms with Crippen LogP contribution >= 0.6 is 0 Å². The Balaban J connectivity index is -0.0000000965. The second-order valence-corrected chi connectivity index (χ2v) is 2.57. The molecule has 0 aromatic carbocycles. The fourth-order valence-electron chi connectivity index (χ4n) is 0. The minimum atomic E-state index is 1.17. The summed E-state index contributed by atoms with van der Waals surface area (Å²) in [5, 5.41) is 0. The summed E-state index contributed by atoms with van der Waals surface area (Å²) in [4.78, 5) is 0. The van der Waals surface area contributed by atoms with Crippen molar-refractivity contribution in [3.8, 4) is 0 Å². The lowest BCUT2D eigenvalue weighted by atomic mass is 10.3. The quantitative estimate of drug-likeness (QED) is 0.455. The number of rotatable bonds is 0. The maximum atomic E-state index is 3.56. The van der Waals surface area contributed by atoms with E-state index in [1.807, 2.05) is 20.8 Å². The van der Waals surface area contributed by atoms with Crippen molar-refractivity contribution < 1.29 is 0 Å². The number of hydrogen-bond donors (Lipinski definition) is 0. The molecule has 0 rings (SSSR count). The molecule has 0 N–H and O–H groups in total. The van der Waals surface area contributed by atoms with Crippen LogP contribution < -0.4 is 0 Å². The van der Waals surface area contributed by atoms with Gasteiger partial charge in [0.15, 0.2) is 0 Å². The first kappa shape index (κ1) is 16.7. The van der Waals surface area contributed by atoms with Crippen LogP contribution in [0.3, 0.4) is 0 Å². The lowest BCUT2D eigenvalue weighted by molar-refractivity contribution is 1.36. The van der Waals surface area contributed by atoms with Crippen molar-refractivity contribution in [3.05, 3.63) is 37.0 Å². The molecule has 0 atom stereocenters. The van der Waals surface area contributed by atoms with E-state index in [-0.39, 0.29) is 0 Å². The molecule has 0 saturated heterocycles. The Hall–Kier alpha value is -0.780. The van der Waals surface area contributed by atoms with E-state index < -0.39 is 0 Å². The Morgan fingerprint density at radius 2 is 1.09 bits per heavy atom. The zero-order valence-corrected chi connectivity index (χ0v) is 8.70. The van der Waals surface area contributed by atoms with Crippen LogP contribution in [0.4, 0.5) is 0 Å². The van der Waals surface area contributed by atoms with Crippen LogP contribution in [0.1, 0.15) is 34.6 Å². The molecule has 66 valence electrons. The molecule has 0 aliphatic heterocycles. The highest BCUT2D eigenvalue weighted by molar-refractivity contribution is 4.88. The van der Waals surface area contributed by atoms with Gasteiger partial charge in [0.1, 0.15) is 0 Å². The minimum absolute atomic E-state index is 1.17. The first-order valence-electron chi connectivity index (χ1n) is 3.72. The molecule has 0 heteroatoms. The molecule has 0 amide bonds. The molecule has 0 aliphatic carbocycles. The molecule has 0 heterocycles. The van der Waals surface area contributed by atoms with Gasteiger partial charge in [0.2, 0.25) is 0 Å². The van der Waals surface area contributed by atoms with Crippen molar-refractivity contribution in [1.82, 2.24) is 0 Å². The van der Waals surface area contributed by atoms with E-state index in [4.69, 9.17) is 0 Å². The predicted octanol–water partition coefficient (Wildman–Crippen LogP) is 4.36. The van der Waals surface area contributed by atoms with Gasteiger partial charge >= 0.3 is 0 Å². The summed E-state index contributed by atoms with van der Waals surface area (Å²) in [5.74, 6) is 0. The van der Waals surface area contributed by atoms with Gasteiger partial charge in [-0.3, -0.25) is 0 Å². The molecule has 0 aromatic rings. The molecular weight excluding hydrogens is 132 g/mol. The largest absolute Gasteiger partial charge is 0.106 e. The third kappa shape index (κ3) is 323. The van der Waals surface area contributed by atoms with E-state index >= 15 is 0 Å². The second kappa shape index (κ2) is 16.1. The Kier molecular flexibility index (Phi) is 24.4. The van der Waals surface area contributed by atoms with Crippen molar-refractivity contribution in [1.29, 1.82) is 0 Å². The first-order chi connectivity index (χ1) is 5.00. The molecule has 0 fully saturated rings. The lowest BCUT2D eigenvalue weighted by Crippen LogP contribution is -1.52. The van der Waals surface area contributed by atoms with E-state index in [2.05, 4.69) is 39.7 Å². The van der Waals surface area contributed by atoms with E-state index in [1.165, 1.54) is 11.1 Å². The Morgan fingerprint density at radius 3 is 1.09 bits per heavy atom. The van der Waals surface area contributed by atoms with Crippen LogP contribution in [0.5, 0.6) is 0 Å². The van der Waals surface area contributed by atoms with Crippen LogP contribution in [-0.4, -0.2) is 0 Å². The summed E-state index contributed by atoms with van der Waals surface area (Å²) < 4.78 is 0. The monoisotopic (exact) mass is 154 g/mol. The van der Waals surface area contributed by atoms with Crippen LogP contribution in [0.25, 0.3) is 0 Å². The van der Waals surface area contributed by atoms with Gasteiger partial charge in [0.25, 0.3) is 0 Å². The lowest BCUT2D eigenvalue weighted by Gasteiger charge is -1.74. The van der Waals surface area contributed by atoms with Gasteiger partial charge in [-0.15, -0.1) is 19.7 Å². The molecule has 0 radical (unpaired) electrons. The Labute approximate surface area is 72.3 Å². The Morgan fingerprint density at radius 1 is 1.00 bits per heavy atom. The number of hydrogen-bond acceptors (Lipinski definition) is 0. The second-order valence-electron chi connectivity index (χ2n) is 2.57. The zero-order valence-electron chi connectivity index (χ0n) is 8.70. The zero-order chi connectivity index (χ0) is 9.86. The average Bonchev–Trinajstić information content (AvgIpc) is 1.91. The summed E-state index contributed by atoms with van der Waals surface area (Å²) in [6, 6.07) is 0. The van der Waals surface area contributed by atoms with Crippen LogP contribution in [0, 0.1) is 0 Å². The smallest absolute Gasteiger partial charge is 0.0442 e. The summed E-state index contributed by atoms with van der Waals surface area (Å²) >= 11 is 0. The van der Waals surface area contributed by atoms with Gasteiger partial charge in [-0.05, 0) is 34.6 Å². The molecule has 0 saturated carbocycles. The number of allylic oxidation sites excluding steroid dienone is 3. The molecule has 0 nitrogen and oxygen atoms in total. The molecule has 0 aromatic heterocycles. The van der Waals surface area contributed by atoms with Crippen molar-refractivity contribution in [2.75, 3.05) is 0 Å². The van der Waals surface area contributed by atoms with Crippen LogP contribution in [0.15, 0.2) is 37.0 Å². The molecular formula is C11H22. The third-order valence-corrected chi connectivity index (χ3v) is 0.577. The maximum Gasteiger partial charge on any atom is -0.0442 e. The van der Waals surface area contributed by atoms with E-state index in [1.54, 1.807) is 0 Å². The van der Waals surface area contributed by atoms with Gasteiger partial charge in [-0.25, -0.2) is 0 Å². The Bertz CT molecular complexity index is 99.2. The fourth-order valence-corrected chi connectivity index (χ4v) is 0. The molecule has 0 unspecified atom stereocenters. The standard InChI is InChI=1S/C5H10.C4H8.C2H4/c1-4-5(2)3;1-4(2)3;1-2/h4H,1-3H3;1H2,2-3H3;1-2H2. The van der Waals surface area contributed by atoms with Gasteiger partial charge in [-0.2, -0.15) is 0 Å². The van der Waals surface area contributed by atoms with Gasteiger partial charge in [0.05, 0.1) is 0 Å². The first-order valence-corrected chi connectivity index (χ1v) is 3.72. The van der Waals surface area contributed by atoms with Gasteiger partial charge in [-0.1, -0.05) is 17.2 Å². The molecule has 0 spiro atoms. The predicted molar refractivity (Wildman–Crippen MR) is 56.8 cm³/mol. The molecule has 0 bridgehead atoms. The summed E-state index contributed by atoms with van der Waals surface area (Å²) in [5.41, 5.74) is 2.55. The van der Waals surface area contributed by atoms with Crippen molar-refractivity contribution >= 4 is 0 Å². The average molecular weight is 154 g/mol. The molecule has 0 aliphatic rings. The topological polar surface area (TPSA) is 0 Å². The van der Waals surface area contributed by atoms with Crippen LogP contribution in [-0.2, 0) is 0 Å². The highest BCUT2D eigenvalue weighted by Crippen LogP contribution is 1.82. The maximum absolute atomic E-state index is 3.56. The molecule has 11 heavy (non-hydrogen) atoms. The fraction of sp³-hybridized carbons (Fsp3) is 0.455. The van der Waals surface area contributed by atoms with Gasteiger partial charge < -0.3 is 0 Å². The third-order valence-electron chi connectivity index (χ3n) is 0.577. The van der Waals surface area contributed by atoms with Crippen LogP contribution in [0.2, 0.25) is 0 Å². The van der Waals surface area contributed by atoms with E-state index in [0.717, 1.165) is 0 Å². The van der Waals surface area contributed by atoms with Crippen molar-refractivity contribution in [2.45, 2.75) is 34.6 Å². The van der Waals surface area contributed by atoms with E-state index in [9.17, 15) is 0 Å². The summed E-state index contributed by atoms with van der Waals surface area (Å²) in [6.07, 6.45) is 2.08. The van der Waals surface area contributed by atoms with Crippen molar-refractivity contribution in [3.63, 3.8) is 0 Å². The SMILES string of the molecule is C=C.C=C(C)C.CC=C(C)C.